The van der Waals surface area contributed by atoms with Gasteiger partial charge in [-0.25, -0.2) is 0 Å². The summed E-state index contributed by atoms with van der Waals surface area (Å²) < 4.78 is 6.05. The Morgan fingerprint density at radius 3 is 2.29 bits per heavy atom. The molecule has 3 rings (SSSR count). The fourth-order valence-corrected chi connectivity index (χ4v) is 3.12. The highest BCUT2D eigenvalue weighted by Crippen LogP contribution is 2.35. The topological polar surface area (TPSA) is 50.4 Å². The van der Waals surface area contributed by atoms with Crippen LogP contribution in [0.5, 0.6) is 11.5 Å². The van der Waals surface area contributed by atoms with Gasteiger partial charge < -0.3 is 15.4 Å². The van der Waals surface area contributed by atoms with E-state index in [-0.39, 0.29) is 11.9 Å². The molecular formula is C23H23ClN2O2. The standard InChI is InChI=1S/C23H23ClN2O2/c1-3-20(19-8-4-5-9-21(19)25-16(2)27)26-22-10-6-7-11-23(22)28-18-14-12-17(24)13-15-18/h4-15,20,26H,3H2,1-2H3,(H,25,27). The lowest BCUT2D eigenvalue weighted by atomic mass is 10.0. The Labute approximate surface area is 170 Å². The van der Waals surface area contributed by atoms with Crippen LogP contribution in [0, 0.1) is 0 Å². The first-order valence-electron chi connectivity index (χ1n) is 9.22. The second-order valence-corrected chi connectivity index (χ2v) is 6.86. The molecule has 0 spiro atoms. The number of benzene rings is 3. The number of nitrogens with one attached hydrogen (secondary N) is 2. The maximum Gasteiger partial charge on any atom is 0.221 e. The van der Waals surface area contributed by atoms with Gasteiger partial charge in [0.25, 0.3) is 0 Å². The fraction of sp³-hybridized carbons (Fsp3) is 0.174. The van der Waals surface area contributed by atoms with Gasteiger partial charge in [0.15, 0.2) is 5.75 Å². The number of halogens is 1. The first-order valence-corrected chi connectivity index (χ1v) is 9.60. The molecule has 2 N–H and O–H groups in total. The number of hydrogen-bond acceptors (Lipinski definition) is 3. The fourth-order valence-electron chi connectivity index (χ4n) is 3.00. The summed E-state index contributed by atoms with van der Waals surface area (Å²) >= 11 is 5.95. The minimum absolute atomic E-state index is 0.0121. The van der Waals surface area contributed by atoms with Gasteiger partial charge in [-0.3, -0.25) is 4.79 Å². The third kappa shape index (κ3) is 5.05. The van der Waals surface area contributed by atoms with E-state index >= 15 is 0 Å². The van der Waals surface area contributed by atoms with Crippen LogP contribution in [0.15, 0.2) is 72.8 Å². The molecule has 3 aromatic carbocycles. The van der Waals surface area contributed by atoms with Crippen LogP contribution >= 0.6 is 11.6 Å². The van der Waals surface area contributed by atoms with E-state index in [2.05, 4.69) is 17.6 Å². The van der Waals surface area contributed by atoms with Crippen molar-refractivity contribution in [1.29, 1.82) is 0 Å². The summed E-state index contributed by atoms with van der Waals surface area (Å²) in [5.41, 5.74) is 2.72. The van der Waals surface area contributed by atoms with Gasteiger partial charge >= 0.3 is 0 Å². The number of anilines is 2. The molecular weight excluding hydrogens is 372 g/mol. The molecule has 0 bridgehead atoms. The SMILES string of the molecule is CCC(Nc1ccccc1Oc1ccc(Cl)cc1)c1ccccc1NC(C)=O. The Morgan fingerprint density at radius 2 is 1.61 bits per heavy atom. The van der Waals surface area contributed by atoms with E-state index in [1.807, 2.05) is 60.7 Å². The lowest BCUT2D eigenvalue weighted by Gasteiger charge is -2.23. The van der Waals surface area contributed by atoms with Crippen molar-refractivity contribution in [3.63, 3.8) is 0 Å². The summed E-state index contributed by atoms with van der Waals surface area (Å²) in [6.07, 6.45) is 0.839. The van der Waals surface area contributed by atoms with Crippen molar-refractivity contribution in [2.75, 3.05) is 10.6 Å². The Kier molecular flexibility index (Phi) is 6.56. The summed E-state index contributed by atoms with van der Waals surface area (Å²) in [6, 6.07) is 22.9. The number of hydrogen-bond donors (Lipinski definition) is 2. The summed E-state index contributed by atoms with van der Waals surface area (Å²) in [4.78, 5) is 11.6. The van der Waals surface area contributed by atoms with E-state index in [0.717, 1.165) is 29.1 Å². The molecule has 4 nitrogen and oxygen atoms in total. The molecule has 1 atom stereocenters. The molecule has 0 saturated heterocycles. The van der Waals surface area contributed by atoms with Crippen LogP contribution in [-0.4, -0.2) is 5.91 Å². The van der Waals surface area contributed by atoms with Gasteiger partial charge in [0.2, 0.25) is 5.91 Å². The molecule has 0 radical (unpaired) electrons. The summed E-state index contributed by atoms with van der Waals surface area (Å²) in [6.45, 7) is 3.62. The molecule has 0 fully saturated rings. The molecule has 1 unspecified atom stereocenters. The Bertz CT molecular complexity index is 941. The van der Waals surface area contributed by atoms with E-state index in [0.29, 0.717) is 10.8 Å². The third-order valence-corrected chi connectivity index (χ3v) is 4.57. The smallest absolute Gasteiger partial charge is 0.221 e. The molecule has 0 aliphatic rings. The third-order valence-electron chi connectivity index (χ3n) is 4.31. The predicted octanol–water partition coefficient (Wildman–Crippen LogP) is 6.65. The van der Waals surface area contributed by atoms with Crippen molar-refractivity contribution in [2.45, 2.75) is 26.3 Å². The van der Waals surface area contributed by atoms with Crippen LogP contribution in [0.25, 0.3) is 0 Å². The highest BCUT2D eigenvalue weighted by atomic mass is 35.5. The van der Waals surface area contributed by atoms with Gasteiger partial charge in [-0.15, -0.1) is 0 Å². The van der Waals surface area contributed by atoms with Crippen molar-refractivity contribution >= 4 is 28.9 Å². The van der Waals surface area contributed by atoms with E-state index in [1.54, 1.807) is 12.1 Å². The quantitative estimate of drug-likeness (QED) is 0.471. The largest absolute Gasteiger partial charge is 0.455 e. The maximum atomic E-state index is 11.6. The van der Waals surface area contributed by atoms with Gasteiger partial charge in [-0.05, 0) is 54.4 Å². The van der Waals surface area contributed by atoms with Crippen molar-refractivity contribution in [3.05, 3.63) is 83.4 Å². The molecule has 1 amide bonds. The number of carbonyl (C=O) groups is 1. The Hall–Kier alpha value is -2.98. The first-order chi connectivity index (χ1) is 13.6. The van der Waals surface area contributed by atoms with Gasteiger partial charge in [0.05, 0.1) is 11.7 Å². The predicted molar refractivity (Wildman–Crippen MR) is 115 cm³/mol. The van der Waals surface area contributed by atoms with E-state index in [4.69, 9.17) is 16.3 Å². The first kappa shape index (κ1) is 19.8. The van der Waals surface area contributed by atoms with Gasteiger partial charge in [0.1, 0.15) is 5.75 Å². The molecule has 0 saturated carbocycles. The highest BCUT2D eigenvalue weighted by Gasteiger charge is 2.16. The van der Waals surface area contributed by atoms with Crippen LogP contribution in [0.4, 0.5) is 11.4 Å². The average Bonchev–Trinajstić information content (AvgIpc) is 2.69. The summed E-state index contributed by atoms with van der Waals surface area (Å²) in [5.74, 6) is 1.35. The van der Waals surface area contributed by atoms with Gasteiger partial charge in [-0.1, -0.05) is 48.9 Å². The average molecular weight is 395 g/mol. The van der Waals surface area contributed by atoms with E-state index in [1.165, 1.54) is 6.92 Å². The molecule has 5 heteroatoms. The molecule has 0 aliphatic carbocycles. The zero-order valence-corrected chi connectivity index (χ0v) is 16.7. The Balaban J connectivity index is 1.86. The van der Waals surface area contributed by atoms with Crippen molar-refractivity contribution in [2.24, 2.45) is 0 Å². The second kappa shape index (κ2) is 9.29. The van der Waals surface area contributed by atoms with Crippen LogP contribution in [-0.2, 0) is 4.79 Å². The summed E-state index contributed by atoms with van der Waals surface area (Å²) in [7, 11) is 0. The second-order valence-electron chi connectivity index (χ2n) is 6.43. The van der Waals surface area contributed by atoms with E-state index in [9.17, 15) is 4.79 Å². The Morgan fingerprint density at radius 1 is 0.964 bits per heavy atom. The summed E-state index contributed by atoms with van der Waals surface area (Å²) in [5, 5.41) is 7.13. The molecule has 28 heavy (non-hydrogen) atoms. The van der Waals surface area contributed by atoms with Crippen LogP contribution in [0.2, 0.25) is 5.02 Å². The lowest BCUT2D eigenvalue weighted by molar-refractivity contribution is -0.114. The van der Waals surface area contributed by atoms with Crippen LogP contribution in [0.1, 0.15) is 31.9 Å². The molecule has 3 aromatic rings. The monoisotopic (exact) mass is 394 g/mol. The molecule has 0 heterocycles. The highest BCUT2D eigenvalue weighted by molar-refractivity contribution is 6.30. The van der Waals surface area contributed by atoms with E-state index < -0.39 is 0 Å². The number of amides is 1. The number of rotatable bonds is 7. The molecule has 0 aromatic heterocycles. The van der Waals surface area contributed by atoms with Crippen LogP contribution < -0.4 is 15.4 Å². The minimum atomic E-state index is -0.0891. The normalized spacial score (nSPS) is 11.5. The zero-order valence-electron chi connectivity index (χ0n) is 15.9. The molecule has 0 aliphatic heterocycles. The van der Waals surface area contributed by atoms with Crippen molar-refractivity contribution in [3.8, 4) is 11.5 Å². The minimum Gasteiger partial charge on any atom is -0.455 e. The van der Waals surface area contributed by atoms with Crippen molar-refractivity contribution in [1.82, 2.24) is 0 Å². The zero-order chi connectivity index (χ0) is 19.9. The van der Waals surface area contributed by atoms with Gasteiger partial charge in [-0.2, -0.15) is 0 Å². The van der Waals surface area contributed by atoms with Crippen molar-refractivity contribution < 1.29 is 9.53 Å². The number of para-hydroxylation sites is 3. The lowest BCUT2D eigenvalue weighted by Crippen LogP contribution is -2.15. The van der Waals surface area contributed by atoms with Crippen LogP contribution in [0.3, 0.4) is 0 Å². The number of carbonyl (C=O) groups excluding carboxylic acids is 1. The molecule has 144 valence electrons. The van der Waals surface area contributed by atoms with Gasteiger partial charge in [0, 0.05) is 17.6 Å². The number of ether oxygens (including phenoxy) is 1. The maximum absolute atomic E-state index is 11.6.